The Morgan fingerprint density at radius 1 is 0.949 bits per heavy atom. The molecule has 1 heterocycles. The fourth-order valence-electron chi connectivity index (χ4n) is 5.59. The molecule has 202 valence electrons. The van der Waals surface area contributed by atoms with E-state index in [9.17, 15) is 14.4 Å². The van der Waals surface area contributed by atoms with E-state index in [1.165, 1.54) is 0 Å². The number of carboxylic acid groups (broad SMARTS) is 1. The van der Waals surface area contributed by atoms with Crippen LogP contribution in [0.2, 0.25) is 0 Å². The predicted octanol–water partition coefficient (Wildman–Crippen LogP) is 3.96. The summed E-state index contributed by atoms with van der Waals surface area (Å²) in [5, 5.41) is 11.8. The Morgan fingerprint density at radius 3 is 2.15 bits per heavy atom. The number of benzene rings is 3. The molecule has 2 aliphatic rings. The monoisotopic (exact) mass is 527 g/mol. The third-order valence-corrected chi connectivity index (χ3v) is 7.46. The van der Waals surface area contributed by atoms with Gasteiger partial charge in [-0.15, -0.1) is 0 Å². The number of hydrogen-bond acceptors (Lipinski definition) is 5. The van der Waals surface area contributed by atoms with Crippen molar-refractivity contribution in [3.05, 3.63) is 95.6 Å². The van der Waals surface area contributed by atoms with Crippen LogP contribution in [0.1, 0.15) is 29.0 Å². The molecule has 3 aromatic rings. The highest BCUT2D eigenvalue weighted by molar-refractivity contribution is 5.87. The van der Waals surface area contributed by atoms with Crippen LogP contribution in [-0.2, 0) is 20.9 Å². The summed E-state index contributed by atoms with van der Waals surface area (Å²) in [5.74, 6) is -1.25. The van der Waals surface area contributed by atoms with E-state index in [0.29, 0.717) is 19.6 Å². The SMILES string of the molecule is CN(Cc1ccccc1)CC(NC(=O)OCC1c2ccccc2-c2ccccc21)C(=O)N1CC(CC(=O)O)C1. The van der Waals surface area contributed by atoms with Crippen molar-refractivity contribution >= 4 is 18.0 Å². The van der Waals surface area contributed by atoms with E-state index in [0.717, 1.165) is 27.8 Å². The number of rotatable bonds is 10. The molecule has 0 radical (unpaired) electrons. The highest BCUT2D eigenvalue weighted by Crippen LogP contribution is 2.44. The van der Waals surface area contributed by atoms with E-state index >= 15 is 0 Å². The zero-order valence-corrected chi connectivity index (χ0v) is 22.0. The number of alkyl carbamates (subject to hydrolysis) is 1. The van der Waals surface area contributed by atoms with Gasteiger partial charge in [0.25, 0.3) is 0 Å². The number of likely N-dealkylation sites (tertiary alicyclic amines) is 1. The Morgan fingerprint density at radius 2 is 1.54 bits per heavy atom. The lowest BCUT2D eigenvalue weighted by molar-refractivity contribution is -0.146. The van der Waals surface area contributed by atoms with Gasteiger partial charge in [-0.05, 0) is 34.9 Å². The highest BCUT2D eigenvalue weighted by atomic mass is 16.5. The lowest BCUT2D eigenvalue weighted by Gasteiger charge is -2.41. The number of aliphatic carboxylic acids is 1. The molecule has 1 fully saturated rings. The molecule has 2 N–H and O–H groups in total. The van der Waals surface area contributed by atoms with Gasteiger partial charge in [0.1, 0.15) is 12.6 Å². The second kappa shape index (κ2) is 11.7. The van der Waals surface area contributed by atoms with Gasteiger partial charge in [-0.2, -0.15) is 0 Å². The van der Waals surface area contributed by atoms with E-state index in [1.807, 2.05) is 66.5 Å². The molecule has 0 saturated carbocycles. The second-order valence-corrected chi connectivity index (χ2v) is 10.4. The van der Waals surface area contributed by atoms with Gasteiger partial charge in [-0.3, -0.25) is 14.5 Å². The number of ether oxygens (including phenoxy) is 1. The molecule has 0 aromatic heterocycles. The zero-order valence-electron chi connectivity index (χ0n) is 22.0. The maximum atomic E-state index is 13.3. The van der Waals surface area contributed by atoms with E-state index in [2.05, 4.69) is 29.6 Å². The van der Waals surface area contributed by atoms with E-state index in [4.69, 9.17) is 9.84 Å². The predicted molar refractivity (Wildman–Crippen MR) is 147 cm³/mol. The summed E-state index contributed by atoms with van der Waals surface area (Å²) in [7, 11) is 1.90. The van der Waals surface area contributed by atoms with Crippen LogP contribution in [0.25, 0.3) is 11.1 Å². The third-order valence-electron chi connectivity index (χ3n) is 7.46. The van der Waals surface area contributed by atoms with Crippen LogP contribution < -0.4 is 5.32 Å². The molecule has 1 atom stereocenters. The summed E-state index contributed by atoms with van der Waals surface area (Å²) < 4.78 is 5.71. The Kier molecular flexibility index (Phi) is 7.93. The van der Waals surface area contributed by atoms with Gasteiger partial charge in [0.15, 0.2) is 0 Å². The molecule has 3 aromatic carbocycles. The molecule has 8 nitrogen and oxygen atoms in total. The summed E-state index contributed by atoms with van der Waals surface area (Å²) in [6.07, 6.45) is -0.617. The first kappa shape index (κ1) is 26.4. The van der Waals surface area contributed by atoms with Crippen LogP contribution in [0.3, 0.4) is 0 Å². The molecule has 0 spiro atoms. The second-order valence-electron chi connectivity index (χ2n) is 10.4. The van der Waals surface area contributed by atoms with Gasteiger partial charge in [0, 0.05) is 38.0 Å². The molecule has 8 heteroatoms. The van der Waals surface area contributed by atoms with Crippen molar-refractivity contribution in [1.29, 1.82) is 0 Å². The molecular weight excluding hydrogens is 494 g/mol. The number of nitrogens with zero attached hydrogens (tertiary/aromatic N) is 2. The third kappa shape index (κ3) is 6.12. The largest absolute Gasteiger partial charge is 0.481 e. The standard InChI is InChI=1S/C31H33N3O5/c1-33(16-21-9-3-2-4-10-21)19-28(30(37)34-17-22(18-34)15-29(35)36)32-31(38)39-20-27-25-13-7-5-11-23(25)24-12-6-8-14-26(24)27/h2-14,22,27-28H,15-20H2,1H3,(H,32,38)(H,35,36). The Hall–Kier alpha value is -4.17. The topological polar surface area (TPSA) is 99.2 Å². The van der Waals surface area contributed by atoms with Crippen molar-refractivity contribution < 1.29 is 24.2 Å². The molecule has 1 saturated heterocycles. The van der Waals surface area contributed by atoms with Crippen molar-refractivity contribution in [2.24, 2.45) is 5.92 Å². The van der Waals surface area contributed by atoms with Gasteiger partial charge in [0.05, 0.1) is 6.42 Å². The minimum Gasteiger partial charge on any atom is -0.481 e. The fraction of sp³-hybridized carbons (Fsp3) is 0.323. The van der Waals surface area contributed by atoms with Gasteiger partial charge < -0.3 is 20.1 Å². The first-order valence-corrected chi connectivity index (χ1v) is 13.2. The number of carboxylic acids is 1. The zero-order chi connectivity index (χ0) is 27.4. The smallest absolute Gasteiger partial charge is 0.407 e. The van der Waals surface area contributed by atoms with Gasteiger partial charge in [-0.1, -0.05) is 78.9 Å². The van der Waals surface area contributed by atoms with E-state index in [-0.39, 0.29) is 37.3 Å². The number of amides is 2. The van der Waals surface area contributed by atoms with Crippen LogP contribution >= 0.6 is 0 Å². The van der Waals surface area contributed by atoms with Gasteiger partial charge >= 0.3 is 12.1 Å². The van der Waals surface area contributed by atoms with E-state index in [1.54, 1.807) is 4.90 Å². The lowest BCUT2D eigenvalue weighted by atomic mass is 9.95. The Bertz CT molecular complexity index is 1290. The molecule has 1 unspecified atom stereocenters. The molecule has 1 aliphatic heterocycles. The first-order valence-electron chi connectivity index (χ1n) is 13.2. The maximum Gasteiger partial charge on any atom is 0.407 e. The molecule has 5 rings (SSSR count). The Balaban J connectivity index is 1.24. The average molecular weight is 528 g/mol. The number of likely N-dealkylation sites (N-methyl/N-ethyl adjacent to an activating group) is 1. The van der Waals surface area contributed by atoms with Crippen molar-refractivity contribution in [1.82, 2.24) is 15.1 Å². The fourth-order valence-corrected chi connectivity index (χ4v) is 5.59. The molecule has 0 bridgehead atoms. The average Bonchev–Trinajstić information content (AvgIpc) is 3.22. The van der Waals surface area contributed by atoms with Crippen LogP contribution in [-0.4, -0.2) is 72.2 Å². The normalized spacial score (nSPS) is 15.3. The minimum absolute atomic E-state index is 0.0299. The highest BCUT2D eigenvalue weighted by Gasteiger charge is 2.37. The van der Waals surface area contributed by atoms with Crippen molar-refractivity contribution in [3.63, 3.8) is 0 Å². The summed E-state index contributed by atoms with van der Waals surface area (Å²) in [6, 6.07) is 25.3. The first-order chi connectivity index (χ1) is 18.9. The van der Waals surface area contributed by atoms with Crippen molar-refractivity contribution in [2.75, 3.05) is 33.3 Å². The maximum absolute atomic E-state index is 13.3. The molecular formula is C31H33N3O5. The van der Waals surface area contributed by atoms with Crippen LogP contribution in [0, 0.1) is 5.92 Å². The summed E-state index contributed by atoms with van der Waals surface area (Å²) in [4.78, 5) is 41.0. The summed E-state index contributed by atoms with van der Waals surface area (Å²) >= 11 is 0. The van der Waals surface area contributed by atoms with E-state index < -0.39 is 18.1 Å². The quantitative estimate of drug-likeness (QED) is 0.414. The van der Waals surface area contributed by atoms with Gasteiger partial charge in [-0.25, -0.2) is 4.79 Å². The Labute approximate surface area is 228 Å². The number of nitrogens with one attached hydrogen (secondary N) is 1. The van der Waals surface area contributed by atoms with Crippen LogP contribution in [0.5, 0.6) is 0 Å². The molecule has 2 amide bonds. The number of carbonyl (C=O) groups excluding carboxylic acids is 2. The van der Waals surface area contributed by atoms with Crippen LogP contribution in [0.4, 0.5) is 4.79 Å². The minimum atomic E-state index is -0.872. The van der Waals surface area contributed by atoms with Crippen LogP contribution in [0.15, 0.2) is 78.9 Å². The number of hydrogen-bond donors (Lipinski definition) is 2. The number of fused-ring (bicyclic) bond motifs is 3. The van der Waals surface area contributed by atoms with Crippen molar-refractivity contribution in [3.8, 4) is 11.1 Å². The lowest BCUT2D eigenvalue weighted by Crippen LogP contribution is -2.59. The van der Waals surface area contributed by atoms with Crippen molar-refractivity contribution in [2.45, 2.75) is 24.9 Å². The summed E-state index contributed by atoms with van der Waals surface area (Å²) in [6.45, 7) is 1.80. The molecule has 39 heavy (non-hydrogen) atoms. The number of carbonyl (C=O) groups is 3. The summed E-state index contributed by atoms with van der Waals surface area (Å²) in [5.41, 5.74) is 5.62. The molecule has 1 aliphatic carbocycles. The van der Waals surface area contributed by atoms with Gasteiger partial charge in [0.2, 0.25) is 5.91 Å².